The van der Waals surface area contributed by atoms with Crippen molar-refractivity contribution in [1.29, 1.82) is 0 Å². The number of thiol groups is 1. The van der Waals surface area contributed by atoms with Gasteiger partial charge in [0.25, 0.3) is 0 Å². The molecule has 0 fully saturated rings. The Morgan fingerprint density at radius 1 is 1.12 bits per heavy atom. The fraction of sp³-hybridized carbons (Fsp3) is 0.818. The third-order valence-electron chi connectivity index (χ3n) is 2.27. The van der Waals surface area contributed by atoms with Crippen molar-refractivity contribution in [3.63, 3.8) is 0 Å². The number of amides is 2. The Kier molecular flexibility index (Phi) is 9.95. The summed E-state index contributed by atoms with van der Waals surface area (Å²) >= 11 is 3.87. The Morgan fingerprint density at radius 2 is 1.65 bits per heavy atom. The number of nitrogens with one attached hydrogen (secondary N) is 2. The predicted molar refractivity (Wildman–Crippen MR) is 72.3 cm³/mol. The molecule has 2 amide bonds. The van der Waals surface area contributed by atoms with Crippen LogP contribution in [0.4, 0.5) is 0 Å². The molecule has 0 heterocycles. The van der Waals surface area contributed by atoms with Crippen LogP contribution in [0.25, 0.3) is 0 Å². The van der Waals surface area contributed by atoms with E-state index in [9.17, 15) is 9.59 Å². The van der Waals surface area contributed by atoms with Crippen LogP contribution < -0.4 is 10.6 Å². The number of carbonyl (C=O) groups is 2. The summed E-state index contributed by atoms with van der Waals surface area (Å²) in [6, 6.07) is 0. The predicted octanol–water partition coefficient (Wildman–Crippen LogP) is -0.119. The van der Waals surface area contributed by atoms with Crippen molar-refractivity contribution in [3.8, 4) is 0 Å². The molecule has 0 aliphatic heterocycles. The first-order valence-electron chi connectivity index (χ1n) is 5.86. The van der Waals surface area contributed by atoms with E-state index in [1.54, 1.807) is 0 Å². The number of hydrogen-bond donors (Lipinski definition) is 3. The zero-order chi connectivity index (χ0) is 13.1. The maximum absolute atomic E-state index is 10.9. The van der Waals surface area contributed by atoms with Crippen LogP contribution in [0.15, 0.2) is 0 Å². The number of rotatable bonds is 9. The molecule has 17 heavy (non-hydrogen) atoms. The molecule has 0 saturated carbocycles. The lowest BCUT2D eigenvalue weighted by atomic mass is 10.3. The highest BCUT2D eigenvalue weighted by Gasteiger charge is 2.00. The van der Waals surface area contributed by atoms with Crippen LogP contribution in [0.5, 0.6) is 0 Å². The van der Waals surface area contributed by atoms with Crippen LogP contribution in [0.2, 0.25) is 0 Å². The van der Waals surface area contributed by atoms with Gasteiger partial charge in [-0.05, 0) is 33.0 Å². The van der Waals surface area contributed by atoms with Crippen LogP contribution in [-0.4, -0.2) is 55.7 Å². The van der Waals surface area contributed by atoms with Crippen molar-refractivity contribution in [2.75, 3.05) is 39.0 Å². The van der Waals surface area contributed by atoms with Gasteiger partial charge >= 0.3 is 0 Å². The summed E-state index contributed by atoms with van der Waals surface area (Å²) in [5.41, 5.74) is 0. The molecule has 0 spiro atoms. The van der Waals surface area contributed by atoms with Crippen LogP contribution in [0.1, 0.15) is 19.8 Å². The summed E-state index contributed by atoms with van der Waals surface area (Å²) < 4.78 is 0. The Balaban J connectivity index is 3.31. The van der Waals surface area contributed by atoms with E-state index < -0.39 is 0 Å². The van der Waals surface area contributed by atoms with Crippen LogP contribution in [0, 0.1) is 0 Å². The second-order valence-corrected chi connectivity index (χ2v) is 4.32. The molecule has 0 saturated heterocycles. The molecule has 0 unspecified atom stereocenters. The molecule has 0 aromatic heterocycles. The van der Waals surface area contributed by atoms with Gasteiger partial charge in [0.15, 0.2) is 0 Å². The summed E-state index contributed by atoms with van der Waals surface area (Å²) in [6.07, 6.45) is 1.87. The second kappa shape index (κ2) is 10.4. The first kappa shape index (κ1) is 16.2. The number of carbonyl (C=O) groups excluding carboxylic acids is 2. The summed E-state index contributed by atoms with van der Waals surface area (Å²) in [4.78, 5) is 23.7. The van der Waals surface area contributed by atoms with Gasteiger partial charge in [0.1, 0.15) is 0 Å². The molecule has 0 aliphatic rings. The van der Waals surface area contributed by atoms with Crippen molar-refractivity contribution in [2.24, 2.45) is 0 Å². The zero-order valence-corrected chi connectivity index (χ0v) is 11.6. The molecular weight excluding hydrogens is 238 g/mol. The average Bonchev–Trinajstić information content (AvgIpc) is 2.29. The maximum Gasteiger partial charge on any atom is 0.229 e. The standard InChI is InChI=1S/C11H23N3O2S/c1-10(15)12-5-3-7-14(2)8-4-6-13-11(16)9-17/h17H,3-9H2,1-2H3,(H,12,15)(H,13,16). The Bertz CT molecular complexity index is 237. The minimum Gasteiger partial charge on any atom is -0.356 e. The van der Waals surface area contributed by atoms with Gasteiger partial charge in [0.2, 0.25) is 11.8 Å². The third kappa shape index (κ3) is 11.5. The summed E-state index contributed by atoms with van der Waals surface area (Å²) in [5.74, 6) is 0.232. The van der Waals surface area contributed by atoms with E-state index in [1.807, 2.05) is 7.05 Å². The molecule has 2 N–H and O–H groups in total. The highest BCUT2D eigenvalue weighted by Crippen LogP contribution is 1.89. The number of nitrogens with zero attached hydrogens (tertiary/aromatic N) is 1. The fourth-order valence-electron chi connectivity index (χ4n) is 1.36. The lowest BCUT2D eigenvalue weighted by molar-refractivity contribution is -0.119. The first-order chi connectivity index (χ1) is 8.06. The van der Waals surface area contributed by atoms with E-state index >= 15 is 0 Å². The van der Waals surface area contributed by atoms with E-state index in [1.165, 1.54) is 6.92 Å². The number of hydrogen-bond acceptors (Lipinski definition) is 4. The SMILES string of the molecule is CC(=O)NCCCN(C)CCCNC(=O)CS. The summed E-state index contributed by atoms with van der Waals surface area (Å²) in [5, 5.41) is 5.53. The minimum atomic E-state index is -0.0263. The van der Waals surface area contributed by atoms with Gasteiger partial charge in [-0.1, -0.05) is 0 Å². The topological polar surface area (TPSA) is 61.4 Å². The largest absolute Gasteiger partial charge is 0.356 e. The highest BCUT2D eigenvalue weighted by atomic mass is 32.1. The summed E-state index contributed by atoms with van der Waals surface area (Å²) in [7, 11) is 2.04. The lowest BCUT2D eigenvalue weighted by Gasteiger charge is -2.16. The first-order valence-corrected chi connectivity index (χ1v) is 6.50. The maximum atomic E-state index is 10.9. The molecule has 0 aromatic rings. The molecule has 100 valence electrons. The van der Waals surface area contributed by atoms with Crippen molar-refractivity contribution >= 4 is 24.4 Å². The molecule has 0 rings (SSSR count). The van der Waals surface area contributed by atoms with Gasteiger partial charge in [0.05, 0.1) is 5.75 Å². The van der Waals surface area contributed by atoms with Gasteiger partial charge in [-0.2, -0.15) is 12.6 Å². The van der Waals surface area contributed by atoms with Crippen molar-refractivity contribution in [2.45, 2.75) is 19.8 Å². The Labute approximate surface area is 109 Å². The van der Waals surface area contributed by atoms with Crippen molar-refractivity contribution < 1.29 is 9.59 Å². The lowest BCUT2D eigenvalue weighted by Crippen LogP contribution is -2.30. The smallest absolute Gasteiger partial charge is 0.229 e. The molecule has 0 atom stereocenters. The minimum absolute atomic E-state index is 0.0159. The fourth-order valence-corrected chi connectivity index (χ4v) is 1.47. The molecule has 0 bridgehead atoms. The van der Waals surface area contributed by atoms with E-state index in [4.69, 9.17) is 0 Å². The molecule has 5 nitrogen and oxygen atoms in total. The Morgan fingerprint density at radius 3 is 2.12 bits per heavy atom. The normalized spacial score (nSPS) is 10.4. The summed E-state index contributed by atoms with van der Waals surface area (Å²) in [6.45, 7) is 4.81. The quantitative estimate of drug-likeness (QED) is 0.401. The van der Waals surface area contributed by atoms with E-state index in [0.717, 1.165) is 32.5 Å². The van der Waals surface area contributed by atoms with Crippen LogP contribution >= 0.6 is 12.6 Å². The van der Waals surface area contributed by atoms with E-state index in [-0.39, 0.29) is 17.6 Å². The van der Waals surface area contributed by atoms with Gasteiger partial charge in [-0.25, -0.2) is 0 Å². The highest BCUT2D eigenvalue weighted by molar-refractivity contribution is 7.81. The van der Waals surface area contributed by atoms with E-state index in [0.29, 0.717) is 6.54 Å². The van der Waals surface area contributed by atoms with Crippen molar-refractivity contribution in [3.05, 3.63) is 0 Å². The third-order valence-corrected chi connectivity index (χ3v) is 2.56. The van der Waals surface area contributed by atoms with Gasteiger partial charge in [0, 0.05) is 20.0 Å². The molecule has 6 heteroatoms. The molecule has 0 aliphatic carbocycles. The Hall–Kier alpha value is -0.750. The zero-order valence-electron chi connectivity index (χ0n) is 10.7. The molecular formula is C11H23N3O2S. The monoisotopic (exact) mass is 261 g/mol. The van der Waals surface area contributed by atoms with Crippen molar-refractivity contribution in [1.82, 2.24) is 15.5 Å². The van der Waals surface area contributed by atoms with Gasteiger partial charge in [-0.3, -0.25) is 9.59 Å². The molecule has 0 aromatic carbocycles. The van der Waals surface area contributed by atoms with E-state index in [2.05, 4.69) is 28.2 Å². The van der Waals surface area contributed by atoms with Crippen LogP contribution in [0.3, 0.4) is 0 Å². The van der Waals surface area contributed by atoms with Gasteiger partial charge in [-0.15, -0.1) is 0 Å². The second-order valence-electron chi connectivity index (χ2n) is 4.00. The van der Waals surface area contributed by atoms with Gasteiger partial charge < -0.3 is 15.5 Å². The van der Waals surface area contributed by atoms with Crippen LogP contribution in [-0.2, 0) is 9.59 Å². The average molecular weight is 261 g/mol. The molecule has 0 radical (unpaired) electrons.